The molecule has 0 radical (unpaired) electrons. The zero-order chi connectivity index (χ0) is 17.9. The molecule has 0 saturated carbocycles. The second-order valence-electron chi connectivity index (χ2n) is 5.96. The molecule has 2 aromatic heterocycles. The van der Waals surface area contributed by atoms with Crippen LogP contribution in [0.1, 0.15) is 27.5 Å². The highest BCUT2D eigenvalue weighted by Crippen LogP contribution is 2.20. The smallest absolute Gasteiger partial charge is 0.234 e. The summed E-state index contributed by atoms with van der Waals surface area (Å²) in [6.45, 7) is 2.11. The summed E-state index contributed by atoms with van der Waals surface area (Å²) in [5.74, 6) is 1.71. The first-order valence-corrected chi connectivity index (χ1v) is 9.12. The van der Waals surface area contributed by atoms with E-state index < -0.39 is 0 Å². The van der Waals surface area contributed by atoms with Gasteiger partial charge in [0.25, 0.3) is 0 Å². The minimum Gasteiger partial charge on any atom is -0.497 e. The summed E-state index contributed by atoms with van der Waals surface area (Å²) < 4.78 is 7.02. The van der Waals surface area contributed by atoms with Gasteiger partial charge >= 0.3 is 0 Å². The van der Waals surface area contributed by atoms with Gasteiger partial charge < -0.3 is 4.74 Å². The van der Waals surface area contributed by atoms with Crippen LogP contribution in [-0.2, 0) is 6.42 Å². The SMILES string of the molecule is COc1ccc(C=Cc2nn3c(Cc4ccccc4C)nnc3s2)cc1. The molecule has 130 valence electrons. The summed E-state index contributed by atoms with van der Waals surface area (Å²) in [5.41, 5.74) is 3.58. The molecule has 0 amide bonds. The standard InChI is InChI=1S/C20H18N4OS/c1-14-5-3-4-6-16(14)13-18-21-22-20-24(18)23-19(26-20)12-9-15-7-10-17(25-2)11-8-15/h3-12H,13H2,1-2H3. The van der Waals surface area contributed by atoms with Crippen LogP contribution in [0.4, 0.5) is 0 Å². The van der Waals surface area contributed by atoms with Crippen molar-refractivity contribution < 1.29 is 4.74 Å². The average Bonchev–Trinajstić information content (AvgIpc) is 3.23. The Morgan fingerprint density at radius 1 is 1.04 bits per heavy atom. The van der Waals surface area contributed by atoms with Gasteiger partial charge in [-0.25, -0.2) is 0 Å². The summed E-state index contributed by atoms with van der Waals surface area (Å²) in [7, 11) is 1.67. The Bertz CT molecular complexity index is 1060. The topological polar surface area (TPSA) is 52.3 Å². The lowest BCUT2D eigenvalue weighted by molar-refractivity contribution is 0.415. The Labute approximate surface area is 155 Å². The number of benzene rings is 2. The minimum atomic E-state index is 0.721. The summed E-state index contributed by atoms with van der Waals surface area (Å²) in [6, 6.07) is 16.2. The number of rotatable bonds is 5. The summed E-state index contributed by atoms with van der Waals surface area (Å²) >= 11 is 1.53. The third-order valence-electron chi connectivity index (χ3n) is 4.22. The van der Waals surface area contributed by atoms with E-state index in [-0.39, 0.29) is 0 Å². The predicted octanol–water partition coefficient (Wildman–Crippen LogP) is 4.26. The van der Waals surface area contributed by atoms with Crippen LogP contribution in [0.25, 0.3) is 17.1 Å². The molecule has 0 atom stereocenters. The second-order valence-corrected chi connectivity index (χ2v) is 6.95. The van der Waals surface area contributed by atoms with E-state index in [2.05, 4.69) is 34.4 Å². The van der Waals surface area contributed by atoms with Gasteiger partial charge in [-0.3, -0.25) is 0 Å². The fraction of sp³-hybridized carbons (Fsp3) is 0.150. The molecule has 6 heteroatoms. The highest BCUT2D eigenvalue weighted by molar-refractivity contribution is 7.17. The normalized spacial score (nSPS) is 11.5. The van der Waals surface area contributed by atoms with Crippen molar-refractivity contribution in [3.05, 3.63) is 76.1 Å². The van der Waals surface area contributed by atoms with Gasteiger partial charge in [0, 0.05) is 6.42 Å². The number of methoxy groups -OCH3 is 1. The van der Waals surface area contributed by atoms with E-state index in [0.717, 1.165) is 33.5 Å². The number of hydrogen-bond donors (Lipinski definition) is 0. The number of fused-ring (bicyclic) bond motifs is 1. The Morgan fingerprint density at radius 2 is 1.85 bits per heavy atom. The van der Waals surface area contributed by atoms with E-state index in [1.807, 2.05) is 53.1 Å². The molecule has 0 unspecified atom stereocenters. The van der Waals surface area contributed by atoms with Gasteiger partial charge in [-0.1, -0.05) is 53.8 Å². The Hall–Kier alpha value is -2.99. The first kappa shape index (κ1) is 16.5. The molecule has 0 aliphatic heterocycles. The first-order chi connectivity index (χ1) is 12.7. The third-order valence-corrected chi connectivity index (χ3v) is 5.08. The van der Waals surface area contributed by atoms with Crippen LogP contribution in [0.3, 0.4) is 0 Å². The van der Waals surface area contributed by atoms with Gasteiger partial charge in [-0.15, -0.1) is 10.2 Å². The maximum atomic E-state index is 5.18. The van der Waals surface area contributed by atoms with Crippen molar-refractivity contribution in [2.45, 2.75) is 13.3 Å². The molecule has 26 heavy (non-hydrogen) atoms. The number of aryl methyl sites for hydroxylation is 1. The summed E-state index contributed by atoms with van der Waals surface area (Å²) in [4.78, 5) is 0.808. The molecular formula is C20H18N4OS. The van der Waals surface area contributed by atoms with Crippen LogP contribution >= 0.6 is 11.3 Å². The zero-order valence-electron chi connectivity index (χ0n) is 14.6. The van der Waals surface area contributed by atoms with E-state index in [1.165, 1.54) is 22.5 Å². The molecule has 4 rings (SSSR count). The van der Waals surface area contributed by atoms with Crippen LogP contribution in [-0.4, -0.2) is 26.9 Å². The van der Waals surface area contributed by atoms with Crippen molar-refractivity contribution in [1.29, 1.82) is 0 Å². The molecule has 0 spiro atoms. The van der Waals surface area contributed by atoms with Gasteiger partial charge in [0.2, 0.25) is 4.96 Å². The molecule has 0 aliphatic carbocycles. The average molecular weight is 362 g/mol. The number of nitrogens with zero attached hydrogens (tertiary/aromatic N) is 4. The molecule has 5 nitrogen and oxygen atoms in total. The zero-order valence-corrected chi connectivity index (χ0v) is 15.4. The molecule has 2 aromatic carbocycles. The van der Waals surface area contributed by atoms with E-state index in [1.54, 1.807) is 7.11 Å². The van der Waals surface area contributed by atoms with E-state index >= 15 is 0 Å². The van der Waals surface area contributed by atoms with Gasteiger partial charge in [-0.2, -0.15) is 9.61 Å². The summed E-state index contributed by atoms with van der Waals surface area (Å²) in [5, 5.41) is 14.1. The molecule has 0 bridgehead atoms. The number of aromatic nitrogens is 4. The van der Waals surface area contributed by atoms with E-state index in [9.17, 15) is 0 Å². The Balaban J connectivity index is 1.57. The summed E-state index contributed by atoms with van der Waals surface area (Å²) in [6.07, 6.45) is 4.75. The highest BCUT2D eigenvalue weighted by atomic mass is 32.1. The van der Waals surface area contributed by atoms with Gasteiger partial charge in [0.15, 0.2) is 5.82 Å². The van der Waals surface area contributed by atoms with Crippen LogP contribution in [0.2, 0.25) is 0 Å². The van der Waals surface area contributed by atoms with E-state index in [0.29, 0.717) is 0 Å². The maximum absolute atomic E-state index is 5.18. The van der Waals surface area contributed by atoms with E-state index in [4.69, 9.17) is 4.74 Å². The first-order valence-electron chi connectivity index (χ1n) is 8.31. The molecule has 0 fully saturated rings. The fourth-order valence-corrected chi connectivity index (χ4v) is 3.47. The lowest BCUT2D eigenvalue weighted by atomic mass is 10.1. The molecule has 0 N–H and O–H groups in total. The lowest BCUT2D eigenvalue weighted by Gasteiger charge is -2.02. The molecule has 4 aromatic rings. The molecular weight excluding hydrogens is 344 g/mol. The van der Waals surface area contributed by atoms with Crippen molar-refractivity contribution >= 4 is 28.4 Å². The quantitative estimate of drug-likeness (QED) is 0.532. The minimum absolute atomic E-state index is 0.721. The van der Waals surface area contributed by atoms with Crippen LogP contribution in [0, 0.1) is 6.92 Å². The van der Waals surface area contributed by atoms with Crippen molar-refractivity contribution in [3.8, 4) is 5.75 Å². The van der Waals surface area contributed by atoms with Crippen molar-refractivity contribution in [1.82, 2.24) is 19.8 Å². The maximum Gasteiger partial charge on any atom is 0.234 e. The largest absolute Gasteiger partial charge is 0.497 e. The van der Waals surface area contributed by atoms with Gasteiger partial charge in [-0.05, 0) is 41.8 Å². The molecule has 0 aliphatic rings. The van der Waals surface area contributed by atoms with Gasteiger partial charge in [0.1, 0.15) is 10.8 Å². The van der Waals surface area contributed by atoms with Crippen LogP contribution < -0.4 is 4.74 Å². The molecule has 0 saturated heterocycles. The fourth-order valence-electron chi connectivity index (χ4n) is 2.71. The second kappa shape index (κ2) is 7.09. The van der Waals surface area contributed by atoms with Crippen molar-refractivity contribution in [2.24, 2.45) is 0 Å². The lowest BCUT2D eigenvalue weighted by Crippen LogP contribution is -1.99. The van der Waals surface area contributed by atoms with Crippen molar-refractivity contribution in [2.75, 3.05) is 7.11 Å². The number of ether oxygens (including phenoxy) is 1. The predicted molar refractivity (Wildman–Crippen MR) is 105 cm³/mol. The Kier molecular flexibility index (Phi) is 4.50. The third kappa shape index (κ3) is 3.36. The molecule has 2 heterocycles. The van der Waals surface area contributed by atoms with Gasteiger partial charge in [0.05, 0.1) is 7.11 Å². The number of hydrogen-bond acceptors (Lipinski definition) is 5. The highest BCUT2D eigenvalue weighted by Gasteiger charge is 2.11. The monoisotopic (exact) mass is 362 g/mol. The van der Waals surface area contributed by atoms with Crippen LogP contribution in [0.5, 0.6) is 5.75 Å². The van der Waals surface area contributed by atoms with Crippen molar-refractivity contribution in [3.63, 3.8) is 0 Å². The Morgan fingerprint density at radius 3 is 2.62 bits per heavy atom. The van der Waals surface area contributed by atoms with Crippen LogP contribution in [0.15, 0.2) is 48.5 Å².